The summed E-state index contributed by atoms with van der Waals surface area (Å²) in [4.78, 5) is 17.8. The number of Topliss-reactive ketones (excluding diaryl/α,β-unsaturated/α-hetero) is 1. The topological polar surface area (TPSA) is 33.2 Å². The minimum absolute atomic E-state index is 0.122. The number of pyridine rings is 1. The fourth-order valence-corrected chi connectivity index (χ4v) is 1.74. The van der Waals surface area contributed by atoms with Crippen molar-refractivity contribution in [1.29, 1.82) is 0 Å². The number of hydrogen-bond acceptors (Lipinski definition) is 3. The number of ketones is 1. The first-order chi connectivity index (χ1) is 8.72. The summed E-state index contributed by atoms with van der Waals surface area (Å²) in [6.07, 6.45) is 2.15. The van der Waals surface area contributed by atoms with Crippen LogP contribution in [-0.2, 0) is 0 Å². The first-order valence-electron chi connectivity index (χ1n) is 6.00. The van der Waals surface area contributed by atoms with E-state index in [1.54, 1.807) is 6.20 Å². The molecule has 0 aliphatic rings. The van der Waals surface area contributed by atoms with Gasteiger partial charge in [0.15, 0.2) is 5.78 Å². The quantitative estimate of drug-likeness (QED) is 0.767. The van der Waals surface area contributed by atoms with E-state index in [-0.39, 0.29) is 5.78 Å². The van der Waals surface area contributed by atoms with Gasteiger partial charge in [-0.1, -0.05) is 25.1 Å². The summed E-state index contributed by atoms with van der Waals surface area (Å²) in [5.74, 6) is 0.949. The lowest BCUT2D eigenvalue weighted by Gasteiger charge is -2.18. The van der Waals surface area contributed by atoms with Gasteiger partial charge in [-0.25, -0.2) is 4.98 Å². The summed E-state index contributed by atoms with van der Waals surface area (Å²) < 4.78 is 0. The molecular weight excluding hydrogens is 224 g/mol. The van der Waals surface area contributed by atoms with E-state index in [0.29, 0.717) is 12.0 Å². The van der Waals surface area contributed by atoms with Crippen LogP contribution < -0.4 is 4.90 Å². The van der Waals surface area contributed by atoms with Gasteiger partial charge in [0.2, 0.25) is 0 Å². The number of nitrogens with zero attached hydrogens (tertiary/aromatic N) is 2. The Morgan fingerprint density at radius 2 is 1.89 bits per heavy atom. The molecule has 0 spiro atoms. The van der Waals surface area contributed by atoms with Crippen molar-refractivity contribution in [3.8, 4) is 0 Å². The molecule has 0 aliphatic carbocycles. The number of rotatable bonds is 4. The second-order valence-electron chi connectivity index (χ2n) is 4.08. The predicted octanol–water partition coefficient (Wildman–Crippen LogP) is 3.44. The fraction of sp³-hybridized carbons (Fsp3) is 0.200. The Morgan fingerprint density at radius 3 is 2.44 bits per heavy atom. The van der Waals surface area contributed by atoms with Crippen LogP contribution in [0, 0.1) is 0 Å². The molecule has 0 saturated carbocycles. The summed E-state index contributed by atoms with van der Waals surface area (Å²) in [6.45, 7) is 1.85. The van der Waals surface area contributed by atoms with Crippen LogP contribution in [0.4, 0.5) is 11.5 Å². The molecule has 1 aromatic carbocycles. The maximum absolute atomic E-state index is 11.5. The normalized spacial score (nSPS) is 10.1. The molecule has 1 heterocycles. The molecule has 0 aliphatic heterocycles. The standard InChI is InChI=1S/C15H16N2O/c1-3-14(18)12-9-10-15(16-11-12)17(2)13-7-5-4-6-8-13/h4-11H,3H2,1-2H3. The van der Waals surface area contributed by atoms with Gasteiger partial charge < -0.3 is 4.90 Å². The molecule has 0 amide bonds. The van der Waals surface area contributed by atoms with Gasteiger partial charge in [-0.3, -0.25) is 4.79 Å². The largest absolute Gasteiger partial charge is 0.329 e. The van der Waals surface area contributed by atoms with Crippen LogP contribution in [0.15, 0.2) is 48.7 Å². The average molecular weight is 240 g/mol. The van der Waals surface area contributed by atoms with E-state index < -0.39 is 0 Å². The van der Waals surface area contributed by atoms with E-state index in [1.807, 2.05) is 61.3 Å². The molecule has 3 heteroatoms. The number of carbonyl (C=O) groups is 1. The average Bonchev–Trinajstić information content (AvgIpc) is 2.47. The highest BCUT2D eigenvalue weighted by molar-refractivity contribution is 5.95. The number of benzene rings is 1. The summed E-state index contributed by atoms with van der Waals surface area (Å²) in [7, 11) is 1.96. The van der Waals surface area contributed by atoms with Crippen molar-refractivity contribution in [1.82, 2.24) is 4.98 Å². The molecule has 3 nitrogen and oxygen atoms in total. The minimum Gasteiger partial charge on any atom is -0.329 e. The molecule has 0 atom stereocenters. The van der Waals surface area contributed by atoms with Crippen LogP contribution in [0.3, 0.4) is 0 Å². The van der Waals surface area contributed by atoms with Crippen LogP contribution >= 0.6 is 0 Å². The van der Waals surface area contributed by atoms with E-state index in [4.69, 9.17) is 0 Å². The number of aromatic nitrogens is 1. The molecule has 0 N–H and O–H groups in total. The zero-order valence-electron chi connectivity index (χ0n) is 10.6. The second kappa shape index (κ2) is 5.45. The molecular formula is C15H16N2O. The summed E-state index contributed by atoms with van der Waals surface area (Å²) in [5, 5.41) is 0. The lowest BCUT2D eigenvalue weighted by atomic mass is 10.1. The third-order valence-electron chi connectivity index (χ3n) is 2.88. The van der Waals surface area contributed by atoms with Crippen molar-refractivity contribution >= 4 is 17.3 Å². The first kappa shape index (κ1) is 12.3. The maximum atomic E-state index is 11.5. The number of para-hydroxylation sites is 1. The SMILES string of the molecule is CCC(=O)c1ccc(N(C)c2ccccc2)nc1. The number of carbonyl (C=O) groups excluding carboxylic acids is 1. The third kappa shape index (κ3) is 2.56. The zero-order valence-corrected chi connectivity index (χ0v) is 10.6. The number of anilines is 2. The van der Waals surface area contributed by atoms with E-state index in [1.165, 1.54) is 0 Å². The van der Waals surface area contributed by atoms with E-state index in [9.17, 15) is 4.79 Å². The summed E-state index contributed by atoms with van der Waals surface area (Å²) >= 11 is 0. The zero-order chi connectivity index (χ0) is 13.0. The van der Waals surface area contributed by atoms with E-state index in [2.05, 4.69) is 4.98 Å². The third-order valence-corrected chi connectivity index (χ3v) is 2.88. The molecule has 0 saturated heterocycles. The minimum atomic E-state index is 0.122. The maximum Gasteiger partial charge on any atom is 0.164 e. The number of hydrogen-bond donors (Lipinski definition) is 0. The molecule has 2 aromatic rings. The Hall–Kier alpha value is -2.16. The highest BCUT2D eigenvalue weighted by Crippen LogP contribution is 2.21. The lowest BCUT2D eigenvalue weighted by Crippen LogP contribution is -2.11. The highest BCUT2D eigenvalue weighted by Gasteiger charge is 2.07. The van der Waals surface area contributed by atoms with Gasteiger partial charge in [0.1, 0.15) is 5.82 Å². The van der Waals surface area contributed by atoms with Crippen LogP contribution in [0.1, 0.15) is 23.7 Å². The van der Waals surface area contributed by atoms with Crippen LogP contribution in [-0.4, -0.2) is 17.8 Å². The summed E-state index contributed by atoms with van der Waals surface area (Å²) in [6, 6.07) is 13.7. The molecule has 0 radical (unpaired) electrons. The van der Waals surface area contributed by atoms with Crippen molar-refractivity contribution in [3.05, 3.63) is 54.2 Å². The Labute approximate surface area is 107 Å². The van der Waals surface area contributed by atoms with Crippen LogP contribution in [0.5, 0.6) is 0 Å². The highest BCUT2D eigenvalue weighted by atomic mass is 16.1. The van der Waals surface area contributed by atoms with Crippen molar-refractivity contribution in [2.24, 2.45) is 0 Å². The van der Waals surface area contributed by atoms with Crippen molar-refractivity contribution < 1.29 is 4.79 Å². The van der Waals surface area contributed by atoms with Crippen molar-refractivity contribution in [3.63, 3.8) is 0 Å². The van der Waals surface area contributed by atoms with Crippen molar-refractivity contribution in [2.75, 3.05) is 11.9 Å². The predicted molar refractivity (Wildman–Crippen MR) is 73.4 cm³/mol. The van der Waals surface area contributed by atoms with Gasteiger partial charge >= 0.3 is 0 Å². The van der Waals surface area contributed by atoms with Gasteiger partial charge in [-0.2, -0.15) is 0 Å². The molecule has 0 fully saturated rings. The Balaban J connectivity index is 2.22. The molecule has 18 heavy (non-hydrogen) atoms. The first-order valence-corrected chi connectivity index (χ1v) is 6.00. The smallest absolute Gasteiger partial charge is 0.164 e. The fourth-order valence-electron chi connectivity index (χ4n) is 1.74. The van der Waals surface area contributed by atoms with Gasteiger partial charge in [0, 0.05) is 30.9 Å². The molecule has 92 valence electrons. The van der Waals surface area contributed by atoms with Gasteiger partial charge in [-0.15, -0.1) is 0 Å². The molecule has 2 rings (SSSR count). The van der Waals surface area contributed by atoms with Crippen LogP contribution in [0.2, 0.25) is 0 Å². The monoisotopic (exact) mass is 240 g/mol. The van der Waals surface area contributed by atoms with Gasteiger partial charge in [-0.05, 0) is 24.3 Å². The Bertz CT molecular complexity index is 520. The van der Waals surface area contributed by atoms with Crippen LogP contribution in [0.25, 0.3) is 0 Å². The van der Waals surface area contributed by atoms with Gasteiger partial charge in [0.05, 0.1) is 0 Å². The summed E-state index contributed by atoms with van der Waals surface area (Å²) in [5.41, 5.74) is 1.74. The Morgan fingerprint density at radius 1 is 1.17 bits per heavy atom. The van der Waals surface area contributed by atoms with Crippen molar-refractivity contribution in [2.45, 2.75) is 13.3 Å². The Kier molecular flexibility index (Phi) is 3.72. The lowest BCUT2D eigenvalue weighted by molar-refractivity contribution is 0.0988. The molecule has 1 aromatic heterocycles. The second-order valence-corrected chi connectivity index (χ2v) is 4.08. The van der Waals surface area contributed by atoms with E-state index in [0.717, 1.165) is 11.5 Å². The molecule has 0 unspecified atom stereocenters. The molecule has 0 bridgehead atoms. The van der Waals surface area contributed by atoms with E-state index >= 15 is 0 Å². The van der Waals surface area contributed by atoms with Gasteiger partial charge in [0.25, 0.3) is 0 Å².